The summed E-state index contributed by atoms with van der Waals surface area (Å²) in [5.74, 6) is 0.684. The van der Waals surface area contributed by atoms with Crippen molar-refractivity contribution in [3.63, 3.8) is 0 Å². The number of anilines is 1. The minimum Gasteiger partial charge on any atom is -0.356 e. The normalized spacial score (nSPS) is 15.5. The lowest BCUT2D eigenvalue weighted by Crippen LogP contribution is -2.36. The summed E-state index contributed by atoms with van der Waals surface area (Å²) in [6, 6.07) is 5.61. The van der Waals surface area contributed by atoms with Gasteiger partial charge in [0.05, 0.1) is 5.56 Å². The number of likely N-dealkylation sites (N-methyl/N-ethyl adjacent to an activating group) is 1. The van der Waals surface area contributed by atoms with Gasteiger partial charge in [-0.3, -0.25) is 14.0 Å². The van der Waals surface area contributed by atoms with Crippen molar-refractivity contribution in [2.45, 2.75) is 33.6 Å². The molecule has 0 saturated carbocycles. The minimum absolute atomic E-state index is 0.0972. The molecule has 0 aromatic carbocycles. The van der Waals surface area contributed by atoms with E-state index >= 15 is 0 Å². The molecule has 3 rings (SSSR count). The first-order chi connectivity index (χ1) is 13.5. The maximum absolute atomic E-state index is 13.3. The van der Waals surface area contributed by atoms with E-state index in [1.165, 1.54) is 10.5 Å². The zero-order valence-corrected chi connectivity index (χ0v) is 16.5. The average molecular weight is 379 g/mol. The van der Waals surface area contributed by atoms with Gasteiger partial charge in [0.15, 0.2) is 0 Å². The number of aryl methyl sites for hydroxylation is 1. The van der Waals surface area contributed by atoms with Gasteiger partial charge in [0.25, 0.3) is 11.5 Å². The maximum Gasteiger partial charge on any atom is 0.267 e. The second-order valence-electron chi connectivity index (χ2n) is 7.24. The minimum atomic E-state index is -0.489. The van der Waals surface area contributed by atoms with Crippen LogP contribution in [0.15, 0.2) is 28.7 Å². The first kappa shape index (κ1) is 19.6. The molecular weight excluding hydrogens is 354 g/mol. The number of nitrogens with one attached hydrogen (secondary N) is 1. The molecule has 0 unspecified atom stereocenters. The van der Waals surface area contributed by atoms with Crippen LogP contribution in [0.25, 0.3) is 11.7 Å². The predicted molar refractivity (Wildman–Crippen MR) is 109 cm³/mol. The van der Waals surface area contributed by atoms with E-state index in [4.69, 9.17) is 4.98 Å². The molecule has 7 heteroatoms. The molecule has 0 bridgehead atoms. The number of carbonyl (C=O) groups is 1. The Morgan fingerprint density at radius 1 is 1.43 bits per heavy atom. The Bertz CT molecular complexity index is 1020. The molecule has 1 amide bonds. The van der Waals surface area contributed by atoms with Gasteiger partial charge in [-0.15, -0.1) is 0 Å². The lowest BCUT2D eigenvalue weighted by Gasteiger charge is -2.32. The molecule has 146 valence electrons. The zero-order valence-electron chi connectivity index (χ0n) is 16.5. The van der Waals surface area contributed by atoms with E-state index in [1.54, 1.807) is 19.2 Å². The number of hydrogen-bond acceptors (Lipinski definition) is 5. The highest BCUT2D eigenvalue weighted by molar-refractivity contribution is 6.02. The molecule has 0 spiro atoms. The Balaban J connectivity index is 2.23. The first-order valence-electron chi connectivity index (χ1n) is 9.63. The van der Waals surface area contributed by atoms with Crippen molar-refractivity contribution >= 4 is 23.4 Å². The average Bonchev–Trinajstić information content (AvgIpc) is 2.68. The van der Waals surface area contributed by atoms with E-state index in [0.29, 0.717) is 23.9 Å². The van der Waals surface area contributed by atoms with Crippen LogP contribution in [-0.4, -0.2) is 34.9 Å². The van der Waals surface area contributed by atoms with Gasteiger partial charge in [0.2, 0.25) is 0 Å². The van der Waals surface area contributed by atoms with Gasteiger partial charge in [-0.25, -0.2) is 4.98 Å². The van der Waals surface area contributed by atoms with Crippen LogP contribution in [0, 0.1) is 24.2 Å². The number of fused-ring (bicyclic) bond motifs is 1. The largest absolute Gasteiger partial charge is 0.356 e. The number of rotatable bonds is 4. The number of piperidine rings is 1. The first-order valence-corrected chi connectivity index (χ1v) is 9.63. The molecule has 7 nitrogen and oxygen atoms in total. The fourth-order valence-corrected chi connectivity index (χ4v) is 3.44. The number of pyridine rings is 1. The maximum atomic E-state index is 13.3. The Hall–Kier alpha value is -3.14. The summed E-state index contributed by atoms with van der Waals surface area (Å²) in [6.07, 6.45) is 5.07. The van der Waals surface area contributed by atoms with Crippen LogP contribution in [0.1, 0.15) is 37.8 Å². The summed E-state index contributed by atoms with van der Waals surface area (Å²) in [5.41, 5.74) is 1.39. The van der Waals surface area contributed by atoms with Crippen molar-refractivity contribution in [2.75, 3.05) is 24.5 Å². The highest BCUT2D eigenvalue weighted by Gasteiger charge is 2.23. The van der Waals surface area contributed by atoms with E-state index in [9.17, 15) is 14.9 Å². The van der Waals surface area contributed by atoms with Crippen molar-refractivity contribution in [3.05, 3.63) is 45.4 Å². The van der Waals surface area contributed by atoms with Crippen molar-refractivity contribution in [1.82, 2.24) is 14.7 Å². The fourth-order valence-electron chi connectivity index (χ4n) is 3.44. The van der Waals surface area contributed by atoms with Gasteiger partial charge in [-0.1, -0.05) is 13.0 Å². The van der Waals surface area contributed by atoms with Gasteiger partial charge < -0.3 is 10.2 Å². The highest BCUT2D eigenvalue weighted by Crippen LogP contribution is 2.25. The molecule has 0 aliphatic carbocycles. The van der Waals surface area contributed by atoms with E-state index in [-0.39, 0.29) is 16.7 Å². The number of aromatic nitrogens is 2. The number of nitrogens with zero attached hydrogens (tertiary/aromatic N) is 4. The third-order valence-electron chi connectivity index (χ3n) is 5.14. The molecule has 1 N–H and O–H groups in total. The zero-order chi connectivity index (χ0) is 20.3. The quantitative estimate of drug-likeness (QED) is 0.650. The second kappa shape index (κ2) is 8.26. The molecule has 1 aliphatic heterocycles. The Morgan fingerprint density at radius 2 is 2.14 bits per heavy atom. The second-order valence-corrected chi connectivity index (χ2v) is 7.24. The Morgan fingerprint density at radius 3 is 2.79 bits per heavy atom. The van der Waals surface area contributed by atoms with Crippen LogP contribution in [0.3, 0.4) is 0 Å². The molecule has 3 heterocycles. The molecule has 1 aliphatic rings. The van der Waals surface area contributed by atoms with Crippen molar-refractivity contribution in [3.8, 4) is 6.07 Å². The van der Waals surface area contributed by atoms with Crippen molar-refractivity contribution < 1.29 is 4.79 Å². The van der Waals surface area contributed by atoms with Gasteiger partial charge in [-0.2, -0.15) is 5.26 Å². The molecule has 1 fully saturated rings. The van der Waals surface area contributed by atoms with Gasteiger partial charge in [0.1, 0.15) is 23.1 Å². The topological polar surface area (TPSA) is 90.5 Å². The summed E-state index contributed by atoms with van der Waals surface area (Å²) >= 11 is 0. The lowest BCUT2D eigenvalue weighted by atomic mass is 9.99. The molecule has 2 aromatic heterocycles. The smallest absolute Gasteiger partial charge is 0.267 e. The number of hydrogen-bond donors (Lipinski definition) is 1. The molecule has 28 heavy (non-hydrogen) atoms. The molecule has 2 aromatic rings. The van der Waals surface area contributed by atoms with Crippen molar-refractivity contribution in [2.24, 2.45) is 5.92 Å². The number of nitriles is 1. The van der Waals surface area contributed by atoms with E-state index < -0.39 is 5.91 Å². The van der Waals surface area contributed by atoms with Crippen LogP contribution >= 0.6 is 0 Å². The summed E-state index contributed by atoms with van der Waals surface area (Å²) < 4.78 is 1.48. The number of carbonyl (C=O) groups excluding carboxylic acids is 1. The van der Waals surface area contributed by atoms with Gasteiger partial charge in [0, 0.05) is 25.8 Å². The monoisotopic (exact) mass is 379 g/mol. The van der Waals surface area contributed by atoms with Crippen LogP contribution in [0.2, 0.25) is 0 Å². The van der Waals surface area contributed by atoms with E-state index in [2.05, 4.69) is 17.1 Å². The lowest BCUT2D eigenvalue weighted by molar-refractivity contribution is -0.116. The van der Waals surface area contributed by atoms with Crippen molar-refractivity contribution in [1.29, 1.82) is 5.26 Å². The molecular formula is C21H25N5O2. The molecule has 0 atom stereocenters. The van der Waals surface area contributed by atoms with E-state index in [1.807, 2.05) is 19.1 Å². The third kappa shape index (κ3) is 3.77. The summed E-state index contributed by atoms with van der Waals surface area (Å²) in [7, 11) is 0. The fraction of sp³-hybridized carbons (Fsp3) is 0.429. The summed E-state index contributed by atoms with van der Waals surface area (Å²) in [5, 5.41) is 12.1. The van der Waals surface area contributed by atoms with Gasteiger partial charge >= 0.3 is 0 Å². The Labute approximate surface area is 164 Å². The van der Waals surface area contributed by atoms with Crippen LogP contribution < -0.4 is 15.8 Å². The Kier molecular flexibility index (Phi) is 5.78. The third-order valence-corrected chi connectivity index (χ3v) is 5.14. The summed E-state index contributed by atoms with van der Waals surface area (Å²) in [4.78, 5) is 32.3. The van der Waals surface area contributed by atoms with Crippen LogP contribution in [0.4, 0.5) is 5.82 Å². The number of amides is 1. The highest BCUT2D eigenvalue weighted by atomic mass is 16.1. The SMILES string of the molecule is CCNC(=O)C(C#N)=Cc1c(N2CCC(C)CC2)nc2c(C)cccn2c1=O. The molecule has 1 saturated heterocycles. The van der Waals surface area contributed by atoms with Crippen LogP contribution in [0.5, 0.6) is 0 Å². The van der Waals surface area contributed by atoms with Crippen LogP contribution in [-0.2, 0) is 4.79 Å². The summed E-state index contributed by atoms with van der Waals surface area (Å²) in [6.45, 7) is 7.90. The predicted octanol–water partition coefficient (Wildman–Crippen LogP) is 2.28. The standard InChI is InChI=1S/C21H25N5O2/c1-4-23-20(27)16(13-22)12-17-19(25-10-7-14(2)8-11-25)24-18-15(3)6-5-9-26(18)21(17)28/h5-6,9,12,14H,4,7-8,10-11H2,1-3H3,(H,23,27). The van der Waals surface area contributed by atoms with E-state index in [0.717, 1.165) is 31.5 Å². The van der Waals surface area contributed by atoms with Gasteiger partial charge in [-0.05, 0) is 50.3 Å². The molecule has 0 radical (unpaired) electrons.